The van der Waals surface area contributed by atoms with E-state index < -0.39 is 0 Å². The number of imide groups is 1. The number of rotatable bonds is 4. The summed E-state index contributed by atoms with van der Waals surface area (Å²) < 4.78 is 0. The Bertz CT molecular complexity index is 2530. The van der Waals surface area contributed by atoms with E-state index in [0.29, 0.717) is 27.9 Å². The van der Waals surface area contributed by atoms with Crippen LogP contribution in [0.25, 0.3) is 11.1 Å². The van der Waals surface area contributed by atoms with Crippen molar-refractivity contribution in [1.82, 2.24) is 10.6 Å². The van der Waals surface area contributed by atoms with Gasteiger partial charge in [-0.25, -0.2) is 4.90 Å². The second-order valence-electron chi connectivity index (χ2n) is 13.4. The van der Waals surface area contributed by atoms with E-state index in [1.165, 1.54) is 10.5 Å². The minimum atomic E-state index is -0.253. The van der Waals surface area contributed by atoms with Gasteiger partial charge in [0.2, 0.25) is 0 Å². The van der Waals surface area contributed by atoms with Crippen molar-refractivity contribution in [2.24, 2.45) is 0 Å². The molecule has 2 unspecified atom stereocenters. The molecule has 0 radical (unpaired) electrons. The zero-order valence-electron chi connectivity index (χ0n) is 30.6. The molecular formula is C48H37N5O4. The molecule has 0 saturated heterocycles. The number of benzene rings is 7. The average Bonchev–Trinajstić information content (AvgIpc) is 3.53. The molecule has 7 aromatic rings. The summed E-state index contributed by atoms with van der Waals surface area (Å²) in [4.78, 5) is 49.6. The van der Waals surface area contributed by atoms with E-state index in [2.05, 4.69) is 45.5 Å². The van der Waals surface area contributed by atoms with Crippen LogP contribution in [-0.4, -0.2) is 23.6 Å². The molecule has 9 heteroatoms. The summed E-state index contributed by atoms with van der Waals surface area (Å²) in [5.74, 6) is -0.585. The highest BCUT2D eigenvalue weighted by atomic mass is 16.2. The molecule has 0 bridgehead atoms. The Balaban J connectivity index is 0.000000122. The Labute approximate surface area is 330 Å². The summed E-state index contributed by atoms with van der Waals surface area (Å²) in [6.07, 6.45) is -0.360. The molecule has 10 rings (SSSR count). The smallest absolute Gasteiger partial charge is 0.266 e. The van der Waals surface area contributed by atoms with Crippen LogP contribution in [0.1, 0.15) is 64.9 Å². The molecule has 4 N–H and O–H groups in total. The molecule has 4 amide bonds. The van der Waals surface area contributed by atoms with E-state index in [1.807, 2.05) is 115 Å². The Hall–Kier alpha value is -7.78. The lowest BCUT2D eigenvalue weighted by Gasteiger charge is -2.28. The van der Waals surface area contributed by atoms with Crippen molar-refractivity contribution in [3.05, 3.63) is 221 Å². The maximum absolute atomic E-state index is 12.2. The van der Waals surface area contributed by atoms with Crippen molar-refractivity contribution >= 4 is 40.7 Å². The van der Waals surface area contributed by atoms with Crippen LogP contribution in [0, 0.1) is 0 Å². The fraction of sp³-hybridized carbons (Fsp3) is 0.0417. The van der Waals surface area contributed by atoms with Crippen molar-refractivity contribution in [3.63, 3.8) is 0 Å². The number of hydrogen-bond donors (Lipinski definition) is 4. The molecule has 0 aromatic heterocycles. The van der Waals surface area contributed by atoms with Gasteiger partial charge in [-0.15, -0.1) is 0 Å². The number of para-hydroxylation sites is 3. The molecular weight excluding hydrogens is 711 g/mol. The van der Waals surface area contributed by atoms with Gasteiger partial charge in [-0.2, -0.15) is 0 Å². The topological polar surface area (TPSA) is 120 Å². The fourth-order valence-electron chi connectivity index (χ4n) is 6.89. The van der Waals surface area contributed by atoms with E-state index in [9.17, 15) is 19.2 Å². The van der Waals surface area contributed by atoms with Crippen LogP contribution in [-0.2, 0) is 0 Å². The number of anilines is 3. The first-order valence-corrected chi connectivity index (χ1v) is 18.5. The van der Waals surface area contributed by atoms with Crippen molar-refractivity contribution in [2.75, 3.05) is 15.5 Å². The normalized spacial score (nSPS) is 16.0. The van der Waals surface area contributed by atoms with E-state index in [1.54, 1.807) is 48.5 Å². The van der Waals surface area contributed by atoms with Gasteiger partial charge in [0.25, 0.3) is 23.6 Å². The van der Waals surface area contributed by atoms with E-state index in [-0.39, 0.29) is 36.0 Å². The third kappa shape index (κ3) is 7.76. The monoisotopic (exact) mass is 747 g/mol. The maximum atomic E-state index is 12.2. The molecule has 2 atom stereocenters. The summed E-state index contributed by atoms with van der Waals surface area (Å²) in [5.41, 5.74) is 9.12. The number of amides is 4. The molecule has 7 aromatic carbocycles. The molecule has 0 spiro atoms. The third-order valence-electron chi connectivity index (χ3n) is 9.79. The van der Waals surface area contributed by atoms with Gasteiger partial charge in [0.15, 0.2) is 0 Å². The number of nitrogens with one attached hydrogen (secondary N) is 4. The van der Waals surface area contributed by atoms with Gasteiger partial charge >= 0.3 is 0 Å². The first kappa shape index (κ1) is 36.2. The first-order chi connectivity index (χ1) is 27.9. The lowest BCUT2D eigenvalue weighted by Crippen LogP contribution is -2.38. The van der Waals surface area contributed by atoms with Crippen molar-refractivity contribution in [3.8, 4) is 11.1 Å². The second-order valence-corrected chi connectivity index (χ2v) is 13.4. The van der Waals surface area contributed by atoms with Crippen LogP contribution in [0.4, 0.5) is 17.1 Å². The minimum absolute atomic E-state index is 0.0341. The number of hydrogen-bond acceptors (Lipinski definition) is 6. The summed E-state index contributed by atoms with van der Waals surface area (Å²) >= 11 is 0. The van der Waals surface area contributed by atoms with Crippen molar-refractivity contribution in [1.29, 1.82) is 0 Å². The molecule has 0 saturated carbocycles. The maximum Gasteiger partial charge on any atom is 0.266 e. The number of fused-ring (bicyclic) bond motifs is 3. The highest BCUT2D eigenvalue weighted by Gasteiger charge is 2.36. The standard InChI is InChI=1S/C20H16N2O.C14H12N2O.C14H9NO2/c23-20-17-8-4-5-9-18(17)21-19(22-20)16-12-10-15(11-13-16)14-6-2-1-3-7-14;17-14-11-8-4-5-9-12(11)15-13(16-14)10-6-2-1-3-7-10;16-13-11-8-4-5-9-12(11)14(17)15(13)10-6-2-1-3-7-10/h1-13,19,21H,(H,22,23);1-9,13,15H,(H,16,17);1-9H. The SMILES string of the molecule is O=C1NC(c2ccc(-c3ccccc3)cc2)Nc2ccccc21.O=C1NC(c2ccccc2)Nc2ccccc21.O=C1c2ccccc2C(=O)N1c1ccccc1. The Morgan fingerprint density at radius 2 is 0.702 bits per heavy atom. The van der Waals surface area contributed by atoms with Gasteiger partial charge < -0.3 is 21.3 Å². The van der Waals surface area contributed by atoms with E-state index >= 15 is 0 Å². The predicted octanol–water partition coefficient (Wildman–Crippen LogP) is 9.24. The van der Waals surface area contributed by atoms with Gasteiger partial charge in [0.05, 0.1) is 27.9 Å². The molecule has 278 valence electrons. The molecule has 3 aliphatic rings. The van der Waals surface area contributed by atoms with Crippen LogP contribution in [0.3, 0.4) is 0 Å². The van der Waals surface area contributed by atoms with E-state index in [0.717, 1.165) is 28.1 Å². The van der Waals surface area contributed by atoms with Crippen LogP contribution in [0.2, 0.25) is 0 Å². The zero-order valence-corrected chi connectivity index (χ0v) is 30.6. The minimum Gasteiger partial charge on any atom is -0.361 e. The summed E-state index contributed by atoms with van der Waals surface area (Å²) in [5, 5.41) is 12.6. The molecule has 9 nitrogen and oxygen atoms in total. The van der Waals surface area contributed by atoms with Crippen LogP contribution in [0.5, 0.6) is 0 Å². The summed E-state index contributed by atoms with van der Waals surface area (Å²) in [7, 11) is 0. The van der Waals surface area contributed by atoms with Crippen LogP contribution >= 0.6 is 0 Å². The first-order valence-electron chi connectivity index (χ1n) is 18.5. The van der Waals surface area contributed by atoms with E-state index in [4.69, 9.17) is 0 Å². The Morgan fingerprint density at radius 1 is 0.333 bits per heavy atom. The zero-order chi connectivity index (χ0) is 39.1. The molecule has 57 heavy (non-hydrogen) atoms. The highest BCUT2D eigenvalue weighted by molar-refractivity contribution is 6.34. The van der Waals surface area contributed by atoms with Crippen molar-refractivity contribution < 1.29 is 19.2 Å². The quantitative estimate of drug-likeness (QED) is 0.133. The van der Waals surface area contributed by atoms with Gasteiger partial charge in [-0.1, -0.05) is 140 Å². The van der Waals surface area contributed by atoms with Gasteiger partial charge in [0.1, 0.15) is 12.3 Å². The van der Waals surface area contributed by atoms with Crippen molar-refractivity contribution in [2.45, 2.75) is 12.3 Å². The largest absolute Gasteiger partial charge is 0.361 e. The number of carbonyl (C=O) groups is 4. The fourth-order valence-corrected chi connectivity index (χ4v) is 6.89. The second kappa shape index (κ2) is 16.3. The third-order valence-corrected chi connectivity index (χ3v) is 9.79. The lowest BCUT2D eigenvalue weighted by molar-refractivity contribution is 0.0916. The summed E-state index contributed by atoms with van der Waals surface area (Å²) in [6.45, 7) is 0. The Kier molecular flexibility index (Phi) is 10.4. The van der Waals surface area contributed by atoms with Gasteiger partial charge in [0, 0.05) is 11.4 Å². The van der Waals surface area contributed by atoms with Crippen LogP contribution in [0.15, 0.2) is 188 Å². The lowest BCUT2D eigenvalue weighted by atomic mass is 10.0. The number of nitrogens with zero attached hydrogens (tertiary/aromatic N) is 1. The Morgan fingerprint density at radius 3 is 1.19 bits per heavy atom. The molecule has 3 aliphatic heterocycles. The molecule has 0 aliphatic carbocycles. The predicted molar refractivity (Wildman–Crippen MR) is 223 cm³/mol. The van der Waals surface area contributed by atoms with Crippen LogP contribution < -0.4 is 26.2 Å². The van der Waals surface area contributed by atoms with Gasteiger partial charge in [-0.05, 0) is 70.8 Å². The average molecular weight is 748 g/mol. The molecule has 0 fully saturated rings. The van der Waals surface area contributed by atoms with Gasteiger partial charge in [-0.3, -0.25) is 19.2 Å². The number of carbonyl (C=O) groups excluding carboxylic acids is 4. The highest BCUT2D eigenvalue weighted by Crippen LogP contribution is 2.30. The molecule has 3 heterocycles. The summed E-state index contributed by atoms with van der Waals surface area (Å²) in [6, 6.07) is 59.3.